The molecule has 9 heteroatoms. The van der Waals surface area contributed by atoms with Crippen LogP contribution in [-0.4, -0.2) is 42.3 Å². The van der Waals surface area contributed by atoms with E-state index in [1.807, 2.05) is 60.7 Å². The summed E-state index contributed by atoms with van der Waals surface area (Å²) in [4.78, 5) is 14.7. The number of anilines is 2. The van der Waals surface area contributed by atoms with Gasteiger partial charge in [-0.25, -0.2) is 9.97 Å². The minimum absolute atomic E-state index is 0.565. The van der Waals surface area contributed by atoms with Crippen molar-refractivity contribution in [2.45, 2.75) is 6.42 Å². The minimum Gasteiger partial charge on any atom is -0.497 e. The van der Waals surface area contributed by atoms with Gasteiger partial charge in [0.15, 0.2) is 0 Å². The van der Waals surface area contributed by atoms with Crippen molar-refractivity contribution in [3.05, 3.63) is 84.2 Å². The van der Waals surface area contributed by atoms with Crippen LogP contribution in [0.4, 0.5) is 11.5 Å². The summed E-state index contributed by atoms with van der Waals surface area (Å²) in [6.07, 6.45) is 0.623. The Labute approximate surface area is 200 Å². The highest BCUT2D eigenvalue weighted by Crippen LogP contribution is 2.34. The van der Waals surface area contributed by atoms with Gasteiger partial charge in [-0.05, 0) is 53.2 Å². The highest BCUT2D eigenvalue weighted by atomic mass is 16.5. The lowest BCUT2D eigenvalue weighted by Gasteiger charge is -2.10. The lowest BCUT2D eigenvalue weighted by Crippen LogP contribution is -2.02. The number of aromatic amines is 1. The fourth-order valence-electron chi connectivity index (χ4n) is 4.14. The number of aromatic nitrogens is 7. The number of hydrogen-bond acceptors (Lipinski definition) is 7. The molecule has 0 aliphatic heterocycles. The van der Waals surface area contributed by atoms with Crippen molar-refractivity contribution in [3.8, 4) is 17.1 Å². The third-order valence-corrected chi connectivity index (χ3v) is 5.82. The minimum atomic E-state index is 0.565. The number of rotatable bonds is 6. The number of nitrogens with zero attached hydrogens (tertiary/aromatic N) is 6. The molecular weight excluding hydrogens is 440 g/mol. The second-order valence-corrected chi connectivity index (χ2v) is 8.22. The molecule has 0 saturated heterocycles. The maximum absolute atomic E-state index is 5.30. The highest BCUT2D eigenvalue weighted by molar-refractivity contribution is 6.12. The summed E-state index contributed by atoms with van der Waals surface area (Å²) in [5.41, 5.74) is 4.64. The van der Waals surface area contributed by atoms with Crippen LogP contribution in [0.15, 0.2) is 72.8 Å². The molecule has 0 bridgehead atoms. The summed E-state index contributed by atoms with van der Waals surface area (Å²) >= 11 is 0. The van der Waals surface area contributed by atoms with Crippen LogP contribution in [0.3, 0.4) is 0 Å². The van der Waals surface area contributed by atoms with Crippen molar-refractivity contribution < 1.29 is 4.74 Å². The molecule has 6 rings (SSSR count). The van der Waals surface area contributed by atoms with Crippen molar-refractivity contribution >= 4 is 33.4 Å². The molecule has 0 aliphatic rings. The number of hydrogen-bond donors (Lipinski definition) is 2. The Balaban J connectivity index is 1.51. The molecule has 0 spiro atoms. The number of methoxy groups -OCH3 is 1. The Hall–Kier alpha value is -4.79. The molecule has 3 aromatic heterocycles. The summed E-state index contributed by atoms with van der Waals surface area (Å²) in [6.45, 7) is 0. The van der Waals surface area contributed by atoms with E-state index in [0.717, 1.165) is 56.1 Å². The molecule has 0 amide bonds. The van der Waals surface area contributed by atoms with Crippen LogP contribution in [-0.2, 0) is 13.5 Å². The van der Waals surface area contributed by atoms with Gasteiger partial charge >= 0.3 is 0 Å². The second-order valence-electron chi connectivity index (χ2n) is 8.22. The first-order chi connectivity index (χ1) is 17.2. The van der Waals surface area contributed by atoms with Crippen molar-refractivity contribution in [2.24, 2.45) is 7.05 Å². The van der Waals surface area contributed by atoms with Crippen LogP contribution >= 0.6 is 0 Å². The summed E-state index contributed by atoms with van der Waals surface area (Å²) in [7, 11) is 3.40. The molecule has 172 valence electrons. The fraction of sp³-hybridized carbons (Fsp3) is 0.115. The molecule has 0 unspecified atom stereocenters. The maximum Gasteiger partial charge on any atom is 0.204 e. The van der Waals surface area contributed by atoms with Crippen LogP contribution in [0, 0.1) is 0 Å². The van der Waals surface area contributed by atoms with Crippen molar-refractivity contribution in [1.82, 2.24) is 35.2 Å². The van der Waals surface area contributed by atoms with Crippen molar-refractivity contribution in [2.75, 3.05) is 12.4 Å². The zero-order chi connectivity index (χ0) is 23.8. The number of aryl methyl sites for hydroxylation is 1. The quantitative estimate of drug-likeness (QED) is 0.371. The molecule has 0 aliphatic carbocycles. The molecule has 0 fully saturated rings. The Morgan fingerprint density at radius 1 is 0.971 bits per heavy atom. The number of nitrogens with one attached hydrogen (secondary N) is 2. The van der Waals surface area contributed by atoms with E-state index in [2.05, 4.69) is 37.8 Å². The smallest absolute Gasteiger partial charge is 0.204 e. The average Bonchev–Trinajstić information content (AvgIpc) is 3.48. The zero-order valence-corrected chi connectivity index (χ0v) is 19.2. The van der Waals surface area contributed by atoms with Crippen LogP contribution in [0.25, 0.3) is 33.3 Å². The second kappa shape index (κ2) is 8.53. The van der Waals surface area contributed by atoms with Crippen LogP contribution in [0.2, 0.25) is 0 Å². The molecule has 6 aromatic rings. The summed E-state index contributed by atoms with van der Waals surface area (Å²) in [5, 5.41) is 17.8. The SMILES string of the molecule is COc1ccc(Nc2nc(Cc3ccccc3)nc3[nH]c4ccc(-c5nnn(C)n5)cc4c23)cc1. The third kappa shape index (κ3) is 4.04. The molecule has 0 saturated carbocycles. The normalized spacial score (nSPS) is 11.3. The van der Waals surface area contributed by atoms with Gasteiger partial charge in [-0.15, -0.1) is 10.2 Å². The Morgan fingerprint density at radius 3 is 2.54 bits per heavy atom. The molecule has 0 atom stereocenters. The van der Waals surface area contributed by atoms with Gasteiger partial charge in [0.2, 0.25) is 5.82 Å². The fourth-order valence-corrected chi connectivity index (χ4v) is 4.14. The average molecular weight is 463 g/mol. The first kappa shape index (κ1) is 20.8. The lowest BCUT2D eigenvalue weighted by atomic mass is 10.1. The maximum atomic E-state index is 5.30. The predicted molar refractivity (Wildman–Crippen MR) is 135 cm³/mol. The molecule has 9 nitrogen and oxygen atoms in total. The zero-order valence-electron chi connectivity index (χ0n) is 19.2. The summed E-state index contributed by atoms with van der Waals surface area (Å²) in [6, 6.07) is 24.0. The van der Waals surface area contributed by atoms with Gasteiger partial charge in [0, 0.05) is 28.6 Å². The molecule has 3 heterocycles. The molecule has 2 N–H and O–H groups in total. The molecular formula is C26H22N8O. The van der Waals surface area contributed by atoms with E-state index in [4.69, 9.17) is 14.7 Å². The lowest BCUT2D eigenvalue weighted by molar-refractivity contribution is 0.415. The Bertz CT molecular complexity index is 1640. The first-order valence-corrected chi connectivity index (χ1v) is 11.2. The number of tetrazole rings is 1. The molecule has 3 aromatic carbocycles. The van der Waals surface area contributed by atoms with Gasteiger partial charge in [-0.1, -0.05) is 30.3 Å². The van der Waals surface area contributed by atoms with Crippen LogP contribution in [0.5, 0.6) is 5.75 Å². The van der Waals surface area contributed by atoms with E-state index < -0.39 is 0 Å². The van der Waals surface area contributed by atoms with Crippen LogP contribution < -0.4 is 10.1 Å². The number of fused-ring (bicyclic) bond motifs is 3. The van der Waals surface area contributed by atoms with Gasteiger partial charge in [0.25, 0.3) is 0 Å². The van der Waals surface area contributed by atoms with Gasteiger partial charge in [0.1, 0.15) is 23.0 Å². The largest absolute Gasteiger partial charge is 0.497 e. The standard InChI is InChI=1S/C26H22N8O/c1-34-32-24(31-33-34)17-8-13-21-20(15-17)23-25(27-18-9-11-19(35-2)12-10-18)29-22(30-26(23)28-21)14-16-6-4-3-5-7-16/h3-13,15H,14H2,1-2H3,(H2,27,28,29,30). The highest BCUT2D eigenvalue weighted by Gasteiger charge is 2.16. The number of benzene rings is 3. The van der Waals surface area contributed by atoms with E-state index in [9.17, 15) is 0 Å². The van der Waals surface area contributed by atoms with Crippen molar-refractivity contribution in [1.29, 1.82) is 0 Å². The Morgan fingerprint density at radius 2 is 1.80 bits per heavy atom. The number of H-pyrrole nitrogens is 1. The molecule has 0 radical (unpaired) electrons. The van der Waals surface area contributed by atoms with E-state index >= 15 is 0 Å². The van der Waals surface area contributed by atoms with E-state index in [-0.39, 0.29) is 0 Å². The Kier molecular flexibility index (Phi) is 5.07. The van der Waals surface area contributed by atoms with Crippen molar-refractivity contribution in [3.63, 3.8) is 0 Å². The van der Waals surface area contributed by atoms with E-state index in [0.29, 0.717) is 12.2 Å². The monoisotopic (exact) mass is 462 g/mol. The van der Waals surface area contributed by atoms with Gasteiger partial charge in [0.05, 0.1) is 19.5 Å². The summed E-state index contributed by atoms with van der Waals surface area (Å²) in [5.74, 6) is 2.81. The topological polar surface area (TPSA) is 106 Å². The van der Waals surface area contributed by atoms with E-state index in [1.165, 1.54) is 4.80 Å². The third-order valence-electron chi connectivity index (χ3n) is 5.82. The number of ether oxygens (including phenoxy) is 1. The van der Waals surface area contributed by atoms with Gasteiger partial charge in [-0.3, -0.25) is 0 Å². The van der Waals surface area contributed by atoms with Gasteiger partial charge in [-0.2, -0.15) is 4.80 Å². The van der Waals surface area contributed by atoms with Gasteiger partial charge < -0.3 is 15.0 Å². The first-order valence-electron chi connectivity index (χ1n) is 11.2. The molecule has 35 heavy (non-hydrogen) atoms. The predicted octanol–water partition coefficient (Wildman–Crippen LogP) is 4.64. The summed E-state index contributed by atoms with van der Waals surface area (Å²) < 4.78 is 5.30. The van der Waals surface area contributed by atoms with E-state index in [1.54, 1.807) is 14.2 Å². The van der Waals surface area contributed by atoms with Crippen LogP contribution in [0.1, 0.15) is 11.4 Å².